The van der Waals surface area contributed by atoms with Crippen LogP contribution in [-0.4, -0.2) is 14.4 Å². The van der Waals surface area contributed by atoms with E-state index in [1.807, 2.05) is 0 Å². The second-order valence-corrected chi connectivity index (χ2v) is 10.9. The van der Waals surface area contributed by atoms with Crippen LogP contribution in [0.2, 0.25) is 0 Å². The summed E-state index contributed by atoms with van der Waals surface area (Å²) < 4.78 is 30.9. The Bertz CT molecular complexity index is 307. The van der Waals surface area contributed by atoms with Gasteiger partial charge in [-0.05, 0) is 0 Å². The Balaban J connectivity index is 3.55. The van der Waals surface area contributed by atoms with E-state index in [1.165, 1.54) is 21.6 Å². The van der Waals surface area contributed by atoms with Crippen LogP contribution in [0.25, 0.3) is 0 Å². The van der Waals surface area contributed by atoms with Crippen LogP contribution in [0.3, 0.4) is 0 Å². The van der Waals surface area contributed by atoms with Crippen LogP contribution in [0.1, 0.15) is 0 Å². The first-order valence-electron chi connectivity index (χ1n) is 2.38. The molecular weight excluding hydrogens is 294 g/mol. The Kier molecular flexibility index (Phi) is 12.4. The molecule has 12 heavy (non-hydrogen) atoms. The molecule has 0 rings (SSSR count). The predicted molar refractivity (Wildman–Crippen MR) is 63.5 cm³/mol. The summed E-state index contributed by atoms with van der Waals surface area (Å²) in [6.45, 7) is 0. The van der Waals surface area contributed by atoms with Gasteiger partial charge in [-0.1, -0.05) is 0 Å². The first-order valence-corrected chi connectivity index (χ1v) is 11.3. The van der Waals surface area contributed by atoms with E-state index in [4.69, 9.17) is 0 Å². The molecule has 0 amide bonds. The van der Waals surface area contributed by atoms with Crippen LogP contribution in [-0.2, 0) is 19.9 Å². The van der Waals surface area contributed by atoms with Crippen LogP contribution in [0.5, 0.6) is 0 Å². The third kappa shape index (κ3) is 9.84. The summed E-state index contributed by atoms with van der Waals surface area (Å²) in [7, 11) is 3.96. The summed E-state index contributed by atoms with van der Waals surface area (Å²) in [5, 5.41) is 0.923. The molecule has 0 aliphatic rings. The molecule has 0 aromatic carbocycles. The third-order valence-electron chi connectivity index (χ3n) is 0.525. The summed E-state index contributed by atoms with van der Waals surface area (Å²) >= 11 is 0. The zero-order valence-corrected chi connectivity index (χ0v) is 11.4. The Morgan fingerprint density at radius 2 is 1.42 bits per heavy atom. The van der Waals surface area contributed by atoms with Crippen LogP contribution < -0.4 is 0 Å². The molecule has 10 heteroatoms. The molecule has 70 valence electrons. The standard InChI is InChI=1S/C2H4O3P2S5/c3-6-10-8-1-12(5)2-9-11-7-4/h1-2H2. The Morgan fingerprint density at radius 3 is 1.75 bits per heavy atom. The van der Waals surface area contributed by atoms with Crippen molar-refractivity contribution in [2.75, 3.05) is 10.2 Å². The molecule has 0 atom stereocenters. The van der Waals surface area contributed by atoms with E-state index >= 15 is 0 Å². The molecule has 0 aliphatic heterocycles. The van der Waals surface area contributed by atoms with Crippen molar-refractivity contribution >= 4 is 66.0 Å². The van der Waals surface area contributed by atoms with E-state index in [2.05, 4.69) is 0 Å². The maximum absolute atomic E-state index is 11.0. The minimum absolute atomic E-state index is 0.00236. The molecule has 0 aromatic rings. The molecule has 0 spiro atoms. The maximum atomic E-state index is 11.0. The molecule has 0 saturated carbocycles. The van der Waals surface area contributed by atoms with Gasteiger partial charge in [-0.2, -0.15) is 0 Å². The van der Waals surface area contributed by atoms with Gasteiger partial charge < -0.3 is 0 Å². The Labute approximate surface area is 89.0 Å². The zero-order valence-electron chi connectivity index (χ0n) is 5.57. The number of rotatable bonds is 4. The van der Waals surface area contributed by atoms with Gasteiger partial charge in [0.05, 0.1) is 0 Å². The van der Waals surface area contributed by atoms with Gasteiger partial charge in [0.1, 0.15) is 0 Å². The molecule has 0 N–H and O–H groups in total. The summed E-state index contributed by atoms with van der Waals surface area (Å²) in [6, 6.07) is 0. The first-order chi connectivity index (χ1) is 5.81. The van der Waals surface area contributed by atoms with Gasteiger partial charge in [0.25, 0.3) is 0 Å². The second-order valence-electron chi connectivity index (χ2n) is 1.21. The summed E-state index contributed by atoms with van der Waals surface area (Å²) in [5.41, 5.74) is 0. The zero-order chi connectivity index (χ0) is 9.23. The molecule has 0 saturated heterocycles. The molecule has 3 nitrogen and oxygen atoms in total. The van der Waals surface area contributed by atoms with Gasteiger partial charge in [0.15, 0.2) is 0 Å². The van der Waals surface area contributed by atoms with Gasteiger partial charge in [0, 0.05) is 0 Å². The molecule has 0 aromatic heterocycles. The Hall–Kier alpha value is 1.75. The fourth-order valence-electron chi connectivity index (χ4n) is 0.227. The molecule has 0 heterocycles. The first kappa shape index (κ1) is 13.8. The van der Waals surface area contributed by atoms with E-state index in [0.29, 0.717) is 10.2 Å². The topological polar surface area (TPSA) is 51.2 Å². The van der Waals surface area contributed by atoms with Crippen LogP contribution in [0.4, 0.5) is 0 Å². The quantitative estimate of drug-likeness (QED) is 0.583. The molecule has 0 bridgehead atoms. The van der Waals surface area contributed by atoms with E-state index in [9.17, 15) is 13.3 Å². The average molecular weight is 298 g/mol. The fourth-order valence-corrected chi connectivity index (χ4v) is 8.46. The van der Waals surface area contributed by atoms with Crippen LogP contribution >= 0.6 is 55.2 Å². The van der Waals surface area contributed by atoms with E-state index in [-0.39, 0.29) is 14.1 Å². The number of hydrogen-bond acceptors (Lipinski definition) is 5. The molecule has 0 unspecified atom stereocenters. The van der Waals surface area contributed by atoms with E-state index in [1.54, 1.807) is 0 Å². The van der Waals surface area contributed by atoms with Gasteiger partial charge in [-0.25, -0.2) is 0 Å². The molecule has 0 radical (unpaired) electrons. The molecule has 0 fully saturated rings. The van der Waals surface area contributed by atoms with Gasteiger partial charge in [-0.3, -0.25) is 0 Å². The van der Waals surface area contributed by atoms with Crippen molar-refractivity contribution in [2.45, 2.75) is 0 Å². The van der Waals surface area contributed by atoms with Crippen LogP contribution in [0.15, 0.2) is 0 Å². The SMILES string of the molecule is O=P#SSCS(=O)CSS#P=O. The number of hydrogen-bond donors (Lipinski definition) is 0. The van der Waals surface area contributed by atoms with E-state index < -0.39 is 10.8 Å². The predicted octanol–water partition coefficient (Wildman–Crippen LogP) is 3.83. The molecular formula is C2H4O3P2S5. The van der Waals surface area contributed by atoms with Crippen molar-refractivity contribution < 1.29 is 13.3 Å². The molecule has 0 aliphatic carbocycles. The van der Waals surface area contributed by atoms with Gasteiger partial charge >= 0.3 is 89.5 Å². The average Bonchev–Trinajstić information content (AvgIpc) is 2.06. The summed E-state index contributed by atoms with van der Waals surface area (Å²) in [5.74, 6) is 0. The van der Waals surface area contributed by atoms with E-state index in [0.717, 1.165) is 19.5 Å². The minimum atomic E-state index is -0.925. The Morgan fingerprint density at radius 1 is 1.00 bits per heavy atom. The van der Waals surface area contributed by atoms with Crippen molar-refractivity contribution in [3.63, 3.8) is 0 Å². The summed E-state index contributed by atoms with van der Waals surface area (Å²) in [4.78, 5) is 0. The van der Waals surface area contributed by atoms with Crippen molar-refractivity contribution in [3.05, 3.63) is 0 Å². The monoisotopic (exact) mass is 298 g/mol. The van der Waals surface area contributed by atoms with Crippen molar-refractivity contribution in [2.24, 2.45) is 0 Å². The van der Waals surface area contributed by atoms with Crippen molar-refractivity contribution in [1.29, 1.82) is 0 Å². The van der Waals surface area contributed by atoms with Gasteiger partial charge in [-0.15, -0.1) is 0 Å². The van der Waals surface area contributed by atoms with Gasteiger partial charge in [0.2, 0.25) is 0 Å². The van der Waals surface area contributed by atoms with Crippen molar-refractivity contribution in [3.8, 4) is 0 Å². The normalized spacial score (nSPS) is 11.7. The van der Waals surface area contributed by atoms with Crippen molar-refractivity contribution in [1.82, 2.24) is 0 Å². The second kappa shape index (κ2) is 10.8. The third-order valence-corrected chi connectivity index (χ3v) is 9.45. The summed E-state index contributed by atoms with van der Waals surface area (Å²) in [6.07, 6.45) is 0. The van der Waals surface area contributed by atoms with Crippen LogP contribution in [0, 0.1) is 0 Å². The fraction of sp³-hybridized carbons (Fsp3) is 1.00.